The van der Waals surface area contributed by atoms with Gasteiger partial charge in [-0.1, -0.05) is 0 Å². The van der Waals surface area contributed by atoms with E-state index in [1.165, 1.54) is 6.33 Å². The average molecular weight is 243 g/mol. The zero-order valence-electron chi connectivity index (χ0n) is 10.1. The first-order chi connectivity index (χ1) is 8.74. The minimum absolute atomic E-state index is 0.0626. The molecule has 0 amide bonds. The second kappa shape index (κ2) is 4.10. The topological polar surface area (TPSA) is 84.3 Å². The van der Waals surface area contributed by atoms with Gasteiger partial charge in [-0.3, -0.25) is 4.68 Å². The van der Waals surface area contributed by atoms with E-state index >= 15 is 0 Å². The van der Waals surface area contributed by atoms with Crippen LogP contribution in [0.25, 0.3) is 11.2 Å². The maximum atomic E-state index is 4.36. The van der Waals surface area contributed by atoms with Crippen molar-refractivity contribution in [3.8, 4) is 0 Å². The van der Waals surface area contributed by atoms with Crippen LogP contribution in [-0.4, -0.2) is 29.7 Å². The Balaban J connectivity index is 1.90. The quantitative estimate of drug-likeness (QED) is 0.723. The number of hydrogen-bond donors (Lipinski definition) is 2. The van der Waals surface area contributed by atoms with Crippen LogP contribution < -0.4 is 5.32 Å². The fourth-order valence-corrected chi connectivity index (χ4v) is 1.82. The lowest BCUT2D eigenvalue weighted by Crippen LogP contribution is -2.09. The van der Waals surface area contributed by atoms with Gasteiger partial charge in [-0.25, -0.2) is 15.0 Å². The third-order valence-corrected chi connectivity index (χ3v) is 2.75. The molecule has 3 rings (SSSR count). The van der Waals surface area contributed by atoms with Gasteiger partial charge in [-0.05, 0) is 13.0 Å². The number of fused-ring (bicyclic) bond motifs is 1. The molecule has 18 heavy (non-hydrogen) atoms. The van der Waals surface area contributed by atoms with Crippen molar-refractivity contribution in [1.82, 2.24) is 29.7 Å². The molecule has 1 unspecified atom stereocenters. The van der Waals surface area contributed by atoms with E-state index in [1.54, 1.807) is 11.0 Å². The molecule has 0 radical (unpaired) electrons. The zero-order valence-corrected chi connectivity index (χ0v) is 10.1. The highest BCUT2D eigenvalue weighted by atomic mass is 15.3. The summed E-state index contributed by atoms with van der Waals surface area (Å²) in [6, 6.07) is 2.04. The summed E-state index contributed by atoms with van der Waals surface area (Å²) < 4.78 is 1.78. The molecule has 0 aliphatic rings. The Kier molecular flexibility index (Phi) is 2.44. The summed E-state index contributed by atoms with van der Waals surface area (Å²) >= 11 is 0. The fourth-order valence-electron chi connectivity index (χ4n) is 1.82. The number of aryl methyl sites for hydroxylation is 1. The molecule has 0 aliphatic heterocycles. The van der Waals surface area contributed by atoms with Crippen molar-refractivity contribution in [2.75, 3.05) is 5.32 Å². The fraction of sp³-hybridized carbons (Fsp3) is 0.273. The van der Waals surface area contributed by atoms with Gasteiger partial charge in [0.2, 0.25) is 0 Å². The summed E-state index contributed by atoms with van der Waals surface area (Å²) in [5, 5.41) is 7.66. The van der Waals surface area contributed by atoms with Gasteiger partial charge < -0.3 is 10.3 Å². The van der Waals surface area contributed by atoms with Gasteiger partial charge in [-0.2, -0.15) is 5.10 Å². The summed E-state index contributed by atoms with van der Waals surface area (Å²) in [6.07, 6.45) is 5.02. The number of hydrogen-bond acceptors (Lipinski definition) is 5. The van der Waals surface area contributed by atoms with Crippen LogP contribution >= 0.6 is 0 Å². The van der Waals surface area contributed by atoms with Gasteiger partial charge in [0, 0.05) is 13.2 Å². The van der Waals surface area contributed by atoms with Gasteiger partial charge in [0.05, 0.1) is 18.1 Å². The van der Waals surface area contributed by atoms with Gasteiger partial charge in [-0.15, -0.1) is 0 Å². The molecular formula is C11H13N7. The van der Waals surface area contributed by atoms with Crippen molar-refractivity contribution in [3.05, 3.63) is 30.6 Å². The first-order valence-corrected chi connectivity index (χ1v) is 5.64. The molecule has 7 nitrogen and oxygen atoms in total. The molecule has 0 aromatic carbocycles. The Bertz CT molecular complexity index is 669. The molecule has 0 bridgehead atoms. The van der Waals surface area contributed by atoms with E-state index in [0.29, 0.717) is 5.65 Å². The molecule has 0 aliphatic carbocycles. The van der Waals surface area contributed by atoms with Gasteiger partial charge >= 0.3 is 0 Å². The van der Waals surface area contributed by atoms with Crippen LogP contribution in [0.3, 0.4) is 0 Å². The van der Waals surface area contributed by atoms with E-state index in [2.05, 4.69) is 30.4 Å². The first kappa shape index (κ1) is 10.7. The smallest absolute Gasteiger partial charge is 0.182 e. The monoisotopic (exact) mass is 243 g/mol. The lowest BCUT2D eigenvalue weighted by molar-refractivity contribution is 0.717. The Morgan fingerprint density at radius 1 is 1.33 bits per heavy atom. The minimum Gasteiger partial charge on any atom is -0.360 e. The standard InChI is InChI=1S/C11H13N7/c1-7(8-3-4-18(2)17-8)16-11-9-10(13-5-12-9)14-6-15-11/h3-7H,1-2H3,(H2,12,13,14,15,16). The molecule has 2 N–H and O–H groups in total. The summed E-state index contributed by atoms with van der Waals surface area (Å²) in [5.74, 6) is 0.732. The van der Waals surface area contributed by atoms with E-state index in [9.17, 15) is 0 Å². The number of nitrogens with zero attached hydrogens (tertiary/aromatic N) is 5. The second-order valence-electron chi connectivity index (χ2n) is 4.10. The van der Waals surface area contributed by atoms with E-state index in [-0.39, 0.29) is 6.04 Å². The normalized spacial score (nSPS) is 12.8. The van der Waals surface area contributed by atoms with Crippen molar-refractivity contribution in [1.29, 1.82) is 0 Å². The average Bonchev–Trinajstić information content (AvgIpc) is 2.97. The molecule has 0 spiro atoms. The Labute approximate surface area is 103 Å². The molecule has 0 saturated heterocycles. The molecule has 7 heteroatoms. The molecule has 3 aromatic heterocycles. The SMILES string of the molecule is CC(Nc1ncnc2nc[nH]c12)c1ccn(C)n1. The highest BCUT2D eigenvalue weighted by Gasteiger charge is 2.12. The molecule has 1 atom stereocenters. The summed E-state index contributed by atoms with van der Waals surface area (Å²) in [4.78, 5) is 15.4. The minimum atomic E-state index is 0.0626. The van der Waals surface area contributed by atoms with Crippen molar-refractivity contribution < 1.29 is 0 Å². The summed E-state index contributed by atoms with van der Waals surface area (Å²) in [5.41, 5.74) is 2.42. The number of nitrogens with one attached hydrogen (secondary N) is 2. The largest absolute Gasteiger partial charge is 0.360 e. The lowest BCUT2D eigenvalue weighted by atomic mass is 10.2. The van der Waals surface area contributed by atoms with Crippen LogP contribution in [0.5, 0.6) is 0 Å². The number of H-pyrrole nitrogens is 1. The molecule has 3 heterocycles. The van der Waals surface area contributed by atoms with Crippen LogP contribution in [0.2, 0.25) is 0 Å². The molecule has 3 aromatic rings. The van der Waals surface area contributed by atoms with Crippen molar-refractivity contribution >= 4 is 17.0 Å². The van der Waals surface area contributed by atoms with E-state index in [4.69, 9.17) is 0 Å². The molecule has 0 fully saturated rings. The van der Waals surface area contributed by atoms with Crippen LogP contribution in [0.4, 0.5) is 5.82 Å². The van der Waals surface area contributed by atoms with Crippen LogP contribution in [0.15, 0.2) is 24.9 Å². The summed E-state index contributed by atoms with van der Waals surface area (Å²) in [6.45, 7) is 2.03. The van der Waals surface area contributed by atoms with Crippen molar-refractivity contribution in [2.24, 2.45) is 7.05 Å². The number of anilines is 1. The van der Waals surface area contributed by atoms with Crippen LogP contribution in [0.1, 0.15) is 18.7 Å². The third kappa shape index (κ3) is 1.79. The maximum Gasteiger partial charge on any atom is 0.182 e. The Morgan fingerprint density at radius 3 is 3.00 bits per heavy atom. The van der Waals surface area contributed by atoms with E-state index in [1.807, 2.05) is 26.2 Å². The zero-order chi connectivity index (χ0) is 12.5. The van der Waals surface area contributed by atoms with Gasteiger partial charge in [0.25, 0.3) is 0 Å². The summed E-state index contributed by atoms with van der Waals surface area (Å²) in [7, 11) is 1.90. The highest BCUT2D eigenvalue weighted by molar-refractivity contribution is 5.82. The predicted molar refractivity (Wildman–Crippen MR) is 66.9 cm³/mol. The number of aromatic nitrogens is 6. The Morgan fingerprint density at radius 2 is 2.22 bits per heavy atom. The third-order valence-electron chi connectivity index (χ3n) is 2.75. The van der Waals surface area contributed by atoms with Gasteiger partial charge in [0.1, 0.15) is 11.8 Å². The number of rotatable bonds is 3. The Hall–Kier alpha value is -2.44. The predicted octanol–water partition coefficient (Wildman–Crippen LogP) is 1.26. The second-order valence-corrected chi connectivity index (χ2v) is 4.10. The molecular weight excluding hydrogens is 230 g/mol. The molecule has 92 valence electrons. The lowest BCUT2D eigenvalue weighted by Gasteiger charge is -2.12. The first-order valence-electron chi connectivity index (χ1n) is 5.64. The van der Waals surface area contributed by atoms with Crippen LogP contribution in [0, 0.1) is 0 Å². The van der Waals surface area contributed by atoms with Gasteiger partial charge in [0.15, 0.2) is 11.5 Å². The van der Waals surface area contributed by atoms with E-state index < -0.39 is 0 Å². The molecule has 0 saturated carbocycles. The number of imidazole rings is 1. The van der Waals surface area contributed by atoms with Crippen LogP contribution in [-0.2, 0) is 7.05 Å². The van der Waals surface area contributed by atoms with Crippen molar-refractivity contribution in [3.63, 3.8) is 0 Å². The highest BCUT2D eigenvalue weighted by Crippen LogP contribution is 2.20. The van der Waals surface area contributed by atoms with E-state index in [0.717, 1.165) is 17.0 Å². The number of aromatic amines is 1. The van der Waals surface area contributed by atoms with Crippen molar-refractivity contribution in [2.45, 2.75) is 13.0 Å². The maximum absolute atomic E-state index is 4.36.